The Balaban J connectivity index is 3.48. The maximum absolute atomic E-state index is 12.5. The van der Waals surface area contributed by atoms with Gasteiger partial charge in [-0.3, -0.25) is 9.59 Å². The summed E-state index contributed by atoms with van der Waals surface area (Å²) in [7, 11) is 0. The van der Waals surface area contributed by atoms with Crippen molar-refractivity contribution in [1.29, 1.82) is 0 Å². The van der Waals surface area contributed by atoms with Gasteiger partial charge in [0.2, 0.25) is 5.91 Å². The molecule has 2 atom stereocenters. The number of rotatable bonds is 60. The maximum atomic E-state index is 12.5. The number of aliphatic hydroxyl groups is 2. The molecule has 0 saturated heterocycles. The Hall–Kier alpha value is -1.66. The topological polar surface area (TPSA) is 95.9 Å². The average molecular weight is 1000 g/mol. The average Bonchev–Trinajstić information content (AvgIpc) is 3.37. The van der Waals surface area contributed by atoms with Gasteiger partial charge in [-0.1, -0.05) is 308 Å². The number of hydrogen-bond donors (Lipinski definition) is 3. The first-order chi connectivity index (χ1) is 35.0. The Morgan fingerprint density at radius 3 is 1.04 bits per heavy atom. The van der Waals surface area contributed by atoms with Crippen LogP contribution in [-0.2, 0) is 14.3 Å². The number of allylic oxidation sites excluding steroid dienone is 4. The zero-order valence-electron chi connectivity index (χ0n) is 48.0. The number of nitrogens with one attached hydrogen (secondary N) is 1. The third kappa shape index (κ3) is 57.5. The van der Waals surface area contributed by atoms with E-state index in [-0.39, 0.29) is 18.5 Å². The van der Waals surface area contributed by atoms with Crippen LogP contribution in [-0.4, -0.2) is 47.4 Å². The van der Waals surface area contributed by atoms with Gasteiger partial charge in [0.05, 0.1) is 25.4 Å². The molecule has 2 unspecified atom stereocenters. The van der Waals surface area contributed by atoms with Crippen LogP contribution in [0.1, 0.15) is 354 Å². The zero-order chi connectivity index (χ0) is 51.4. The van der Waals surface area contributed by atoms with E-state index in [2.05, 4.69) is 43.5 Å². The van der Waals surface area contributed by atoms with Crippen molar-refractivity contribution in [2.24, 2.45) is 0 Å². The minimum Gasteiger partial charge on any atom is -0.466 e. The van der Waals surface area contributed by atoms with Crippen LogP contribution < -0.4 is 5.32 Å². The van der Waals surface area contributed by atoms with Gasteiger partial charge in [0, 0.05) is 12.8 Å². The number of ether oxygens (including phenoxy) is 1. The van der Waals surface area contributed by atoms with Crippen LogP contribution in [0.3, 0.4) is 0 Å². The highest BCUT2D eigenvalue weighted by atomic mass is 16.5. The van der Waals surface area contributed by atoms with E-state index in [4.69, 9.17) is 4.74 Å². The van der Waals surface area contributed by atoms with E-state index in [9.17, 15) is 19.8 Å². The molecule has 0 aliphatic heterocycles. The van der Waals surface area contributed by atoms with Gasteiger partial charge in [-0.15, -0.1) is 0 Å². The normalized spacial score (nSPS) is 12.7. The van der Waals surface area contributed by atoms with Crippen molar-refractivity contribution in [3.8, 4) is 0 Å². The van der Waals surface area contributed by atoms with Crippen LogP contribution in [0, 0.1) is 0 Å². The lowest BCUT2D eigenvalue weighted by Crippen LogP contribution is -2.45. The molecule has 0 aliphatic carbocycles. The van der Waals surface area contributed by atoms with Gasteiger partial charge in [0.15, 0.2) is 0 Å². The number of amides is 1. The summed E-state index contributed by atoms with van der Waals surface area (Å²) >= 11 is 0. The molecule has 0 aromatic heterocycles. The Bertz CT molecular complexity index is 1110. The van der Waals surface area contributed by atoms with E-state index >= 15 is 0 Å². The SMILES string of the molecule is CCCCCCCCCCCCCCCCCCCCCCCC(O)C(CO)NC(=O)CCCCCCCC/C=C\C=C/CCCCCOC(=O)CCCCCCCCCCCCCCCCCCCC. The van der Waals surface area contributed by atoms with Crippen LogP contribution in [0.4, 0.5) is 0 Å². The molecule has 6 heteroatoms. The smallest absolute Gasteiger partial charge is 0.305 e. The summed E-state index contributed by atoms with van der Waals surface area (Å²) in [6, 6.07) is -0.559. The van der Waals surface area contributed by atoms with Gasteiger partial charge in [-0.25, -0.2) is 0 Å². The van der Waals surface area contributed by atoms with E-state index in [1.807, 2.05) is 0 Å². The molecule has 0 rings (SSSR count). The van der Waals surface area contributed by atoms with Crippen molar-refractivity contribution in [2.75, 3.05) is 13.2 Å². The first-order valence-corrected chi connectivity index (χ1v) is 32.1. The van der Waals surface area contributed by atoms with Gasteiger partial charge < -0.3 is 20.3 Å². The molecule has 0 bridgehead atoms. The molecule has 420 valence electrons. The fraction of sp³-hybridized carbons (Fsp3) is 0.908. The molecule has 0 aromatic rings. The van der Waals surface area contributed by atoms with Gasteiger partial charge in [0.1, 0.15) is 0 Å². The van der Waals surface area contributed by atoms with Crippen molar-refractivity contribution in [2.45, 2.75) is 366 Å². The van der Waals surface area contributed by atoms with Crippen molar-refractivity contribution in [1.82, 2.24) is 5.32 Å². The molecular formula is C65H125NO5. The maximum Gasteiger partial charge on any atom is 0.305 e. The van der Waals surface area contributed by atoms with E-state index in [1.54, 1.807) is 0 Å². The number of aliphatic hydroxyl groups excluding tert-OH is 2. The standard InChI is InChI=1S/C65H125NO5/c1-3-5-7-9-11-13-15-17-19-21-23-24-25-26-29-33-37-41-45-49-53-57-63(68)62(61-67)66-64(69)58-54-50-46-42-38-34-30-28-32-36-40-44-48-52-56-60-71-65(70)59-55-51-47-43-39-35-31-27-22-20-18-16-14-12-10-8-6-4-2/h28,32,36,40,62-63,67-68H,3-27,29-31,33-35,37-39,41-61H2,1-2H3,(H,66,69)/b32-28-,40-36-. The summed E-state index contributed by atoms with van der Waals surface area (Å²) in [5, 5.41) is 23.4. The zero-order valence-corrected chi connectivity index (χ0v) is 48.0. The fourth-order valence-corrected chi connectivity index (χ4v) is 10.1. The molecule has 0 aromatic carbocycles. The first-order valence-electron chi connectivity index (χ1n) is 32.1. The van der Waals surface area contributed by atoms with Gasteiger partial charge in [-0.05, 0) is 57.8 Å². The quantitative estimate of drug-likeness (QED) is 0.0320. The first kappa shape index (κ1) is 69.3. The molecule has 6 nitrogen and oxygen atoms in total. The predicted octanol–water partition coefficient (Wildman–Crippen LogP) is 20.2. The summed E-state index contributed by atoms with van der Waals surface area (Å²) in [6.07, 6.45) is 74.8. The summed E-state index contributed by atoms with van der Waals surface area (Å²) < 4.78 is 5.47. The minimum absolute atomic E-state index is 0.0164. The Labute approximate surface area is 443 Å². The van der Waals surface area contributed by atoms with Gasteiger partial charge >= 0.3 is 5.97 Å². The Kier molecular flexibility index (Phi) is 59.5. The van der Waals surface area contributed by atoms with Crippen molar-refractivity contribution < 1.29 is 24.5 Å². The van der Waals surface area contributed by atoms with E-state index in [0.717, 1.165) is 77.0 Å². The summed E-state index contributed by atoms with van der Waals surface area (Å²) in [4.78, 5) is 24.6. The molecular weight excluding hydrogens is 875 g/mol. The molecule has 0 fully saturated rings. The summed E-state index contributed by atoms with van der Waals surface area (Å²) in [6.45, 7) is 4.93. The number of esters is 1. The van der Waals surface area contributed by atoms with Gasteiger partial charge in [0.25, 0.3) is 0 Å². The van der Waals surface area contributed by atoms with E-state index < -0.39 is 12.1 Å². The Morgan fingerprint density at radius 1 is 0.394 bits per heavy atom. The second-order valence-electron chi connectivity index (χ2n) is 22.1. The lowest BCUT2D eigenvalue weighted by molar-refractivity contribution is -0.143. The highest BCUT2D eigenvalue weighted by molar-refractivity contribution is 5.76. The second kappa shape index (κ2) is 60.9. The molecule has 1 amide bonds. The number of hydrogen-bond acceptors (Lipinski definition) is 5. The molecule has 0 heterocycles. The fourth-order valence-electron chi connectivity index (χ4n) is 10.1. The van der Waals surface area contributed by atoms with Crippen LogP contribution in [0.25, 0.3) is 0 Å². The van der Waals surface area contributed by atoms with Crippen LogP contribution in [0.2, 0.25) is 0 Å². The van der Waals surface area contributed by atoms with Crippen molar-refractivity contribution in [3.05, 3.63) is 24.3 Å². The highest BCUT2D eigenvalue weighted by Crippen LogP contribution is 2.18. The number of carbonyl (C=O) groups excluding carboxylic acids is 2. The molecule has 0 saturated carbocycles. The molecule has 0 spiro atoms. The lowest BCUT2D eigenvalue weighted by Gasteiger charge is -2.22. The predicted molar refractivity (Wildman–Crippen MR) is 310 cm³/mol. The highest BCUT2D eigenvalue weighted by Gasteiger charge is 2.20. The summed E-state index contributed by atoms with van der Waals surface area (Å²) in [5.74, 6) is -0.0702. The minimum atomic E-state index is -0.679. The second-order valence-corrected chi connectivity index (χ2v) is 22.1. The number of unbranched alkanes of at least 4 members (excludes halogenated alkanes) is 46. The van der Waals surface area contributed by atoms with Crippen LogP contribution >= 0.6 is 0 Å². The number of carbonyl (C=O) groups is 2. The van der Waals surface area contributed by atoms with Crippen molar-refractivity contribution in [3.63, 3.8) is 0 Å². The van der Waals surface area contributed by atoms with Crippen LogP contribution in [0.15, 0.2) is 24.3 Å². The Morgan fingerprint density at radius 2 is 0.690 bits per heavy atom. The largest absolute Gasteiger partial charge is 0.466 e. The molecule has 0 aliphatic rings. The molecule has 3 N–H and O–H groups in total. The third-order valence-electron chi connectivity index (χ3n) is 15.0. The lowest BCUT2D eigenvalue weighted by atomic mass is 10.0. The molecule has 71 heavy (non-hydrogen) atoms. The van der Waals surface area contributed by atoms with Gasteiger partial charge in [-0.2, -0.15) is 0 Å². The molecule has 0 radical (unpaired) electrons. The summed E-state index contributed by atoms with van der Waals surface area (Å²) in [5.41, 5.74) is 0. The van der Waals surface area contributed by atoms with Crippen LogP contribution in [0.5, 0.6) is 0 Å². The van der Waals surface area contributed by atoms with E-state index in [0.29, 0.717) is 25.9 Å². The third-order valence-corrected chi connectivity index (χ3v) is 15.0. The van der Waals surface area contributed by atoms with E-state index in [1.165, 1.54) is 244 Å². The van der Waals surface area contributed by atoms with Crippen molar-refractivity contribution >= 4 is 11.9 Å². The monoisotopic (exact) mass is 1000 g/mol.